The van der Waals surface area contributed by atoms with Crippen molar-refractivity contribution in [2.45, 2.75) is 113 Å². The van der Waals surface area contributed by atoms with E-state index in [-0.39, 0.29) is 17.5 Å². The lowest BCUT2D eigenvalue weighted by atomic mass is 9.81. The van der Waals surface area contributed by atoms with E-state index in [0.29, 0.717) is 23.7 Å². The average Bonchev–Trinajstić information content (AvgIpc) is 2.54. The summed E-state index contributed by atoms with van der Waals surface area (Å²) in [4.78, 5) is 12.5. The summed E-state index contributed by atoms with van der Waals surface area (Å²) in [6, 6.07) is 0. The summed E-state index contributed by atoms with van der Waals surface area (Å²) < 4.78 is 5.95. The smallest absolute Gasteiger partial charge is 0.306 e. The Labute approximate surface area is 164 Å². The van der Waals surface area contributed by atoms with Crippen LogP contribution in [-0.4, -0.2) is 12.1 Å². The largest absolute Gasteiger partial charge is 0.462 e. The maximum Gasteiger partial charge on any atom is 0.306 e. The molecule has 0 aromatic rings. The summed E-state index contributed by atoms with van der Waals surface area (Å²) in [5, 5.41) is 0. The van der Waals surface area contributed by atoms with Crippen LogP contribution in [0.3, 0.4) is 0 Å². The van der Waals surface area contributed by atoms with E-state index in [1.807, 2.05) is 0 Å². The predicted octanol–water partition coefficient (Wildman–Crippen LogP) is 7.57. The van der Waals surface area contributed by atoms with Crippen molar-refractivity contribution >= 4 is 5.97 Å². The van der Waals surface area contributed by atoms with Gasteiger partial charge in [0.1, 0.15) is 6.10 Å². The number of hydrogen-bond acceptors (Lipinski definition) is 2. The zero-order chi connectivity index (χ0) is 20.4. The van der Waals surface area contributed by atoms with Crippen LogP contribution in [0.25, 0.3) is 0 Å². The van der Waals surface area contributed by atoms with Gasteiger partial charge in [-0.1, -0.05) is 80.9 Å². The molecule has 0 radical (unpaired) electrons. The first kappa shape index (κ1) is 25.2. The molecule has 2 nitrogen and oxygen atoms in total. The molecule has 154 valence electrons. The summed E-state index contributed by atoms with van der Waals surface area (Å²) in [6.45, 7) is 20.0. The second kappa shape index (κ2) is 11.8. The van der Waals surface area contributed by atoms with Gasteiger partial charge in [0.05, 0.1) is 0 Å². The Hall–Kier alpha value is -0.790. The van der Waals surface area contributed by atoms with Crippen molar-refractivity contribution in [3.8, 4) is 0 Å². The molecule has 0 amide bonds. The molecule has 0 aliphatic rings. The van der Waals surface area contributed by atoms with Gasteiger partial charge in [-0.3, -0.25) is 4.79 Å². The Morgan fingerprint density at radius 3 is 2.12 bits per heavy atom. The molecular weight excluding hydrogens is 320 g/mol. The number of ether oxygens (including phenoxy) is 1. The number of esters is 1. The Morgan fingerprint density at radius 2 is 1.69 bits per heavy atom. The van der Waals surface area contributed by atoms with E-state index in [4.69, 9.17) is 4.74 Å². The molecule has 26 heavy (non-hydrogen) atoms. The molecule has 0 aliphatic heterocycles. The minimum absolute atomic E-state index is 0.0258. The Kier molecular flexibility index (Phi) is 11.5. The van der Waals surface area contributed by atoms with Crippen LogP contribution in [0.1, 0.15) is 107 Å². The molecule has 0 aromatic heterocycles. The highest BCUT2D eigenvalue weighted by Gasteiger charge is 2.27. The van der Waals surface area contributed by atoms with Crippen molar-refractivity contribution in [2.24, 2.45) is 22.7 Å². The maximum absolute atomic E-state index is 12.5. The molecule has 2 heteroatoms. The van der Waals surface area contributed by atoms with Crippen LogP contribution in [0.5, 0.6) is 0 Å². The van der Waals surface area contributed by atoms with Crippen molar-refractivity contribution in [3.63, 3.8) is 0 Å². The third-order valence-corrected chi connectivity index (χ3v) is 5.53. The fraction of sp³-hybridized carbons (Fsp3) is 0.875. The van der Waals surface area contributed by atoms with Gasteiger partial charge in [0.2, 0.25) is 0 Å². The first-order valence-corrected chi connectivity index (χ1v) is 10.8. The van der Waals surface area contributed by atoms with Crippen molar-refractivity contribution in [1.82, 2.24) is 0 Å². The Balaban J connectivity index is 4.76. The van der Waals surface area contributed by atoms with Gasteiger partial charge in [0, 0.05) is 6.42 Å². The number of allylic oxidation sites excluding steroid dienone is 2. The first-order chi connectivity index (χ1) is 12.0. The van der Waals surface area contributed by atoms with Crippen LogP contribution < -0.4 is 0 Å². The number of carbonyl (C=O) groups is 1. The van der Waals surface area contributed by atoms with Gasteiger partial charge in [-0.05, 0) is 54.8 Å². The molecule has 0 aromatic carbocycles. The van der Waals surface area contributed by atoms with Gasteiger partial charge in [0.25, 0.3) is 0 Å². The van der Waals surface area contributed by atoms with Gasteiger partial charge >= 0.3 is 5.97 Å². The van der Waals surface area contributed by atoms with E-state index >= 15 is 0 Å². The van der Waals surface area contributed by atoms with E-state index in [1.165, 1.54) is 0 Å². The summed E-state index contributed by atoms with van der Waals surface area (Å²) >= 11 is 0. The van der Waals surface area contributed by atoms with Gasteiger partial charge in [-0.15, -0.1) is 0 Å². The highest BCUT2D eigenvalue weighted by atomic mass is 16.5. The standard InChI is InChI=1S/C24H46O2/c1-10-14-20(11-2)22(19(4)5)26-21(25)15-18-24(9,12-3)17-13-16-23(6,7)8/h13,17,19-20,22H,10-12,14-16,18H2,1-9H3/b17-13-. The van der Waals surface area contributed by atoms with Gasteiger partial charge in [-0.2, -0.15) is 0 Å². The second-order valence-corrected chi connectivity index (χ2v) is 9.83. The highest BCUT2D eigenvalue weighted by molar-refractivity contribution is 5.69. The van der Waals surface area contributed by atoms with E-state index in [2.05, 4.69) is 74.5 Å². The van der Waals surface area contributed by atoms with Crippen LogP contribution in [0.2, 0.25) is 0 Å². The lowest BCUT2D eigenvalue weighted by molar-refractivity contribution is -0.155. The second-order valence-electron chi connectivity index (χ2n) is 9.83. The van der Waals surface area contributed by atoms with Crippen molar-refractivity contribution in [1.29, 1.82) is 0 Å². The molecule has 0 spiro atoms. The number of carbonyl (C=O) groups excluding carboxylic acids is 1. The van der Waals surface area contributed by atoms with Crippen molar-refractivity contribution in [3.05, 3.63) is 12.2 Å². The van der Waals surface area contributed by atoms with Crippen LogP contribution in [-0.2, 0) is 9.53 Å². The van der Waals surface area contributed by atoms with E-state index in [9.17, 15) is 4.79 Å². The van der Waals surface area contributed by atoms with Crippen molar-refractivity contribution < 1.29 is 9.53 Å². The molecule has 0 saturated heterocycles. The van der Waals surface area contributed by atoms with Gasteiger partial charge in [0.15, 0.2) is 0 Å². The van der Waals surface area contributed by atoms with Crippen LogP contribution >= 0.6 is 0 Å². The Bertz CT molecular complexity index is 416. The quantitative estimate of drug-likeness (QED) is 0.263. The first-order valence-electron chi connectivity index (χ1n) is 10.8. The molecule has 3 atom stereocenters. The molecule has 0 aliphatic carbocycles. The topological polar surface area (TPSA) is 26.3 Å². The molecule has 0 heterocycles. The summed E-state index contributed by atoms with van der Waals surface area (Å²) in [5.41, 5.74) is 0.383. The van der Waals surface area contributed by atoms with Crippen LogP contribution in [0.15, 0.2) is 12.2 Å². The van der Waals surface area contributed by atoms with Crippen LogP contribution in [0.4, 0.5) is 0 Å². The van der Waals surface area contributed by atoms with Gasteiger partial charge < -0.3 is 4.74 Å². The predicted molar refractivity (Wildman–Crippen MR) is 114 cm³/mol. The minimum Gasteiger partial charge on any atom is -0.462 e. The average molecular weight is 367 g/mol. The fourth-order valence-electron chi connectivity index (χ4n) is 3.42. The zero-order valence-corrected chi connectivity index (χ0v) is 19.2. The number of hydrogen-bond donors (Lipinski definition) is 0. The highest BCUT2D eigenvalue weighted by Crippen LogP contribution is 2.32. The minimum atomic E-state index is -0.0258. The number of rotatable bonds is 12. The van der Waals surface area contributed by atoms with E-state index in [1.54, 1.807) is 0 Å². The summed E-state index contributed by atoms with van der Waals surface area (Å²) in [5.74, 6) is 0.829. The van der Waals surface area contributed by atoms with E-state index in [0.717, 1.165) is 38.5 Å². The molecule has 0 saturated carbocycles. The van der Waals surface area contributed by atoms with E-state index < -0.39 is 0 Å². The normalized spacial score (nSPS) is 17.3. The molecule has 0 rings (SSSR count). The lowest BCUT2D eigenvalue weighted by Gasteiger charge is -2.30. The third kappa shape index (κ3) is 10.4. The Morgan fingerprint density at radius 1 is 1.08 bits per heavy atom. The third-order valence-electron chi connectivity index (χ3n) is 5.53. The lowest BCUT2D eigenvalue weighted by Crippen LogP contribution is -2.32. The summed E-state index contributed by atoms with van der Waals surface area (Å²) in [7, 11) is 0. The monoisotopic (exact) mass is 366 g/mol. The van der Waals surface area contributed by atoms with Crippen molar-refractivity contribution in [2.75, 3.05) is 0 Å². The molecule has 0 bridgehead atoms. The van der Waals surface area contributed by atoms with Crippen LogP contribution in [0, 0.1) is 22.7 Å². The van der Waals surface area contributed by atoms with Gasteiger partial charge in [-0.25, -0.2) is 0 Å². The summed E-state index contributed by atoms with van der Waals surface area (Å²) in [6.07, 6.45) is 11.5. The maximum atomic E-state index is 12.5. The molecular formula is C24H46O2. The SMILES string of the molecule is CCCC(CC)C(OC(=O)CCC(C)(/C=C\CC(C)(C)C)CC)C(C)C. The molecule has 3 unspecified atom stereocenters. The molecule has 0 N–H and O–H groups in total. The fourth-order valence-corrected chi connectivity index (χ4v) is 3.42. The zero-order valence-electron chi connectivity index (χ0n) is 19.2. The molecule has 0 fully saturated rings.